The van der Waals surface area contributed by atoms with Crippen LogP contribution in [0.25, 0.3) is 0 Å². The first-order chi connectivity index (χ1) is 11.1. The molecule has 0 saturated carbocycles. The van der Waals surface area contributed by atoms with Crippen LogP contribution in [0.4, 0.5) is 13.2 Å². The quantitative estimate of drug-likeness (QED) is 0.710. The van der Waals surface area contributed by atoms with Gasteiger partial charge in [-0.25, -0.2) is 10.2 Å². The largest absolute Gasteiger partial charge is 0.480 e. The summed E-state index contributed by atoms with van der Waals surface area (Å²) in [4.78, 5) is 24.5. The third kappa shape index (κ3) is 3.54. The highest BCUT2D eigenvalue weighted by molar-refractivity contribution is 7.10. The zero-order valence-corrected chi connectivity index (χ0v) is 13.5. The summed E-state index contributed by atoms with van der Waals surface area (Å²) in [6.45, 7) is 1.06. The summed E-state index contributed by atoms with van der Waals surface area (Å²) in [6, 6.07) is 3.28. The Balaban J connectivity index is 2.45. The van der Waals surface area contributed by atoms with E-state index in [9.17, 15) is 27.9 Å². The van der Waals surface area contributed by atoms with Crippen molar-refractivity contribution in [3.63, 3.8) is 0 Å². The molecule has 0 fully saturated rings. The van der Waals surface area contributed by atoms with Crippen LogP contribution >= 0.6 is 11.3 Å². The zero-order valence-electron chi connectivity index (χ0n) is 12.7. The lowest BCUT2D eigenvalue weighted by Gasteiger charge is -2.40. The van der Waals surface area contributed by atoms with E-state index in [-0.39, 0.29) is 11.3 Å². The number of aliphatic carboxylic acids is 1. The van der Waals surface area contributed by atoms with Crippen molar-refractivity contribution in [3.05, 3.63) is 33.7 Å². The maximum absolute atomic E-state index is 12.3. The fourth-order valence-electron chi connectivity index (χ4n) is 2.42. The average molecular weight is 364 g/mol. The fourth-order valence-corrected chi connectivity index (χ4v) is 3.38. The van der Waals surface area contributed by atoms with E-state index >= 15 is 0 Å². The Hall–Kier alpha value is -2.07. The fraction of sp³-hybridized carbons (Fsp3) is 0.429. The number of hydrogen-bond donors (Lipinski definition) is 3. The Labute approximate surface area is 139 Å². The minimum absolute atomic E-state index is 0.148. The van der Waals surface area contributed by atoms with E-state index in [4.69, 9.17) is 0 Å². The molecule has 10 heteroatoms. The number of esters is 1. The van der Waals surface area contributed by atoms with Crippen molar-refractivity contribution in [1.82, 2.24) is 10.9 Å². The van der Waals surface area contributed by atoms with Crippen molar-refractivity contribution in [1.29, 1.82) is 0 Å². The van der Waals surface area contributed by atoms with Crippen molar-refractivity contribution in [2.75, 3.05) is 6.61 Å². The molecule has 2 unspecified atom stereocenters. The van der Waals surface area contributed by atoms with Gasteiger partial charge in [0.05, 0.1) is 11.5 Å². The zero-order chi connectivity index (χ0) is 18.1. The van der Waals surface area contributed by atoms with Crippen LogP contribution in [0.3, 0.4) is 0 Å². The SMILES string of the molecule is CC1=C(C(=O)OCC(F)(F)F)C(c2cccs2)C(C)(C(=O)O)NN1. The molecule has 1 aliphatic rings. The Kier molecular flexibility index (Phi) is 4.90. The van der Waals surface area contributed by atoms with E-state index < -0.39 is 36.2 Å². The summed E-state index contributed by atoms with van der Waals surface area (Å²) in [5.74, 6) is -3.47. The number of ether oxygens (including phenoxy) is 1. The molecule has 2 rings (SSSR count). The number of halogens is 3. The van der Waals surface area contributed by atoms with Crippen LogP contribution in [-0.4, -0.2) is 35.4 Å². The lowest BCUT2D eigenvalue weighted by molar-refractivity contribution is -0.184. The van der Waals surface area contributed by atoms with Crippen LogP contribution in [0.15, 0.2) is 28.8 Å². The first kappa shape index (κ1) is 18.3. The molecule has 2 atom stereocenters. The van der Waals surface area contributed by atoms with E-state index in [0.717, 1.165) is 0 Å². The van der Waals surface area contributed by atoms with Gasteiger partial charge in [0, 0.05) is 10.6 Å². The van der Waals surface area contributed by atoms with Gasteiger partial charge in [0.15, 0.2) is 6.61 Å². The molecule has 1 aliphatic heterocycles. The molecule has 0 spiro atoms. The second-order valence-electron chi connectivity index (χ2n) is 5.44. The maximum Gasteiger partial charge on any atom is 0.422 e. The van der Waals surface area contributed by atoms with Gasteiger partial charge in [0.2, 0.25) is 0 Å². The van der Waals surface area contributed by atoms with Gasteiger partial charge in [0.25, 0.3) is 0 Å². The van der Waals surface area contributed by atoms with E-state index in [2.05, 4.69) is 15.6 Å². The molecule has 1 aromatic rings. The van der Waals surface area contributed by atoms with Gasteiger partial charge in [-0.2, -0.15) is 13.2 Å². The van der Waals surface area contributed by atoms with Crippen molar-refractivity contribution in [2.45, 2.75) is 31.5 Å². The van der Waals surface area contributed by atoms with Crippen LogP contribution in [0.1, 0.15) is 24.6 Å². The number of rotatable bonds is 4. The van der Waals surface area contributed by atoms with E-state index in [1.54, 1.807) is 17.5 Å². The van der Waals surface area contributed by atoms with Gasteiger partial charge in [-0.3, -0.25) is 4.79 Å². The normalized spacial score (nSPS) is 24.5. The molecule has 0 radical (unpaired) electrons. The summed E-state index contributed by atoms with van der Waals surface area (Å²) in [6.07, 6.45) is -4.67. The van der Waals surface area contributed by atoms with Crippen LogP contribution in [0.5, 0.6) is 0 Å². The smallest absolute Gasteiger partial charge is 0.422 e. The molecule has 2 heterocycles. The van der Waals surface area contributed by atoms with E-state index in [0.29, 0.717) is 4.88 Å². The summed E-state index contributed by atoms with van der Waals surface area (Å²) < 4.78 is 41.3. The van der Waals surface area contributed by atoms with Crippen molar-refractivity contribution < 1.29 is 32.6 Å². The minimum atomic E-state index is -4.67. The summed E-state index contributed by atoms with van der Waals surface area (Å²) in [5, 5.41) is 11.2. The standard InChI is InChI=1S/C14H15F3N2O4S/c1-7-9(11(20)23-6-14(15,16)17)10(8-4-3-5-24-8)13(2,12(21)22)19-18-7/h3-5,10,18-19H,6H2,1-2H3,(H,21,22). The monoisotopic (exact) mass is 364 g/mol. The maximum atomic E-state index is 12.3. The highest BCUT2D eigenvalue weighted by Crippen LogP contribution is 2.41. The van der Waals surface area contributed by atoms with Gasteiger partial charge in [-0.15, -0.1) is 11.3 Å². The lowest BCUT2D eigenvalue weighted by atomic mass is 9.77. The summed E-state index contributed by atoms with van der Waals surface area (Å²) in [5.41, 5.74) is 3.57. The number of carboxylic acids is 1. The van der Waals surface area contributed by atoms with Gasteiger partial charge in [-0.1, -0.05) is 6.07 Å². The van der Waals surface area contributed by atoms with Crippen LogP contribution < -0.4 is 10.9 Å². The van der Waals surface area contributed by atoms with E-state index in [1.165, 1.54) is 25.2 Å². The van der Waals surface area contributed by atoms with Crippen molar-refractivity contribution in [3.8, 4) is 0 Å². The van der Waals surface area contributed by atoms with Crippen LogP contribution in [0.2, 0.25) is 0 Å². The number of carboxylic acid groups (broad SMARTS) is 1. The molecular weight excluding hydrogens is 349 g/mol. The van der Waals surface area contributed by atoms with Gasteiger partial charge < -0.3 is 15.3 Å². The topological polar surface area (TPSA) is 87.7 Å². The Morgan fingerprint density at radius 3 is 2.62 bits per heavy atom. The van der Waals surface area contributed by atoms with Gasteiger partial charge >= 0.3 is 18.1 Å². The van der Waals surface area contributed by atoms with E-state index in [1.807, 2.05) is 0 Å². The van der Waals surface area contributed by atoms with Crippen LogP contribution in [0, 0.1) is 0 Å². The first-order valence-electron chi connectivity index (χ1n) is 6.81. The minimum Gasteiger partial charge on any atom is -0.480 e. The third-order valence-corrected chi connectivity index (χ3v) is 4.58. The molecule has 0 amide bonds. The Morgan fingerprint density at radius 2 is 2.12 bits per heavy atom. The second kappa shape index (κ2) is 6.44. The van der Waals surface area contributed by atoms with Crippen LogP contribution in [-0.2, 0) is 14.3 Å². The number of hydrogen-bond acceptors (Lipinski definition) is 6. The second-order valence-corrected chi connectivity index (χ2v) is 6.42. The Morgan fingerprint density at radius 1 is 1.46 bits per heavy atom. The number of allylic oxidation sites excluding steroid dienone is 1. The molecule has 0 saturated heterocycles. The molecule has 24 heavy (non-hydrogen) atoms. The molecule has 132 valence electrons. The number of thiophene rings is 1. The molecule has 0 bridgehead atoms. The summed E-state index contributed by atoms with van der Waals surface area (Å²) >= 11 is 1.20. The van der Waals surface area contributed by atoms with Crippen molar-refractivity contribution >= 4 is 23.3 Å². The molecular formula is C14H15F3N2O4S. The molecule has 6 nitrogen and oxygen atoms in total. The number of hydrazine groups is 1. The first-order valence-corrected chi connectivity index (χ1v) is 7.69. The number of alkyl halides is 3. The molecule has 1 aromatic heterocycles. The number of nitrogens with one attached hydrogen (secondary N) is 2. The lowest BCUT2D eigenvalue weighted by Crippen LogP contribution is -2.62. The highest BCUT2D eigenvalue weighted by atomic mass is 32.1. The summed E-state index contributed by atoms with van der Waals surface area (Å²) in [7, 11) is 0. The molecule has 3 N–H and O–H groups in total. The Bertz CT molecular complexity index is 672. The predicted molar refractivity (Wildman–Crippen MR) is 79.1 cm³/mol. The third-order valence-electron chi connectivity index (χ3n) is 3.64. The predicted octanol–water partition coefficient (Wildman–Crippen LogP) is 2.16. The van der Waals surface area contributed by atoms with Gasteiger partial charge in [-0.05, 0) is 25.3 Å². The van der Waals surface area contributed by atoms with Gasteiger partial charge in [0.1, 0.15) is 5.54 Å². The number of carbonyl (C=O) groups is 2. The molecule has 0 aliphatic carbocycles. The average Bonchev–Trinajstić information content (AvgIpc) is 2.99. The highest BCUT2D eigenvalue weighted by Gasteiger charge is 2.50. The van der Waals surface area contributed by atoms with Crippen molar-refractivity contribution in [2.24, 2.45) is 0 Å². The molecule has 0 aromatic carbocycles. The number of carbonyl (C=O) groups excluding carboxylic acids is 1.